The Hall–Kier alpha value is -0.230. The van der Waals surface area contributed by atoms with Gasteiger partial charge in [-0.15, -0.1) is 4.67 Å². The largest absolute Gasteiger partial charge is 0.499 e. The first kappa shape index (κ1) is 18.8. The Morgan fingerprint density at radius 1 is 1.11 bits per heavy atom. The maximum atomic E-state index is 11.1. The Bertz CT molecular complexity index is 388. The minimum atomic E-state index is -4.89. The molecule has 1 unspecified atom stereocenters. The Labute approximate surface area is 105 Å². The average Bonchev–Trinajstić information content (AvgIpc) is 2.31. The lowest BCUT2D eigenvalue weighted by Crippen LogP contribution is -2.38. The Morgan fingerprint density at radius 2 is 1.63 bits per heavy atom. The Morgan fingerprint density at radius 3 is 2.05 bits per heavy atom. The van der Waals surface area contributed by atoms with Crippen LogP contribution in [0.1, 0.15) is 0 Å². The van der Waals surface area contributed by atoms with Gasteiger partial charge in [0.25, 0.3) is 0 Å². The number of hydrogen-bond donors (Lipinski definition) is 6. The van der Waals surface area contributed by atoms with Crippen molar-refractivity contribution in [2.24, 2.45) is 0 Å². The molecule has 114 valence electrons. The van der Waals surface area contributed by atoms with Gasteiger partial charge >= 0.3 is 15.6 Å². The third-order valence-corrected chi connectivity index (χ3v) is 2.73. The first-order valence-electron chi connectivity index (χ1n) is 4.38. The van der Waals surface area contributed by atoms with E-state index in [1.54, 1.807) is 0 Å². The summed E-state index contributed by atoms with van der Waals surface area (Å²) in [5.41, 5.74) is 0. The van der Waals surface area contributed by atoms with Gasteiger partial charge in [0, 0.05) is 0 Å². The molecule has 0 radical (unpaired) electrons. The Balaban J connectivity index is 4.26. The van der Waals surface area contributed by atoms with E-state index in [9.17, 15) is 13.9 Å². The van der Waals surface area contributed by atoms with E-state index < -0.39 is 46.9 Å². The maximum Gasteiger partial charge on any atom is 0.499 e. The van der Waals surface area contributed by atoms with Gasteiger partial charge in [0.15, 0.2) is 5.78 Å². The summed E-state index contributed by atoms with van der Waals surface area (Å²) in [7, 11) is -9.74. The summed E-state index contributed by atoms with van der Waals surface area (Å²) >= 11 is 0. The van der Waals surface area contributed by atoms with Crippen LogP contribution in [0, 0.1) is 0 Å². The second-order valence-corrected chi connectivity index (χ2v) is 5.69. The highest BCUT2D eigenvalue weighted by Crippen LogP contribution is 2.41. The molecule has 0 saturated heterocycles. The molecule has 0 aromatic rings. The van der Waals surface area contributed by atoms with Crippen LogP contribution in [-0.2, 0) is 27.6 Å². The highest BCUT2D eigenvalue weighted by Gasteiger charge is 2.30. The lowest BCUT2D eigenvalue weighted by atomic mass is 10.1. The number of phosphoric acid groups is 2. The number of carbonyl (C=O) groups is 1. The van der Waals surface area contributed by atoms with Gasteiger partial charge in [-0.1, -0.05) is 0 Å². The zero-order valence-electron chi connectivity index (χ0n) is 9.10. The van der Waals surface area contributed by atoms with Gasteiger partial charge in [-0.2, -0.15) is 0 Å². The molecule has 0 bridgehead atoms. The lowest BCUT2D eigenvalue weighted by molar-refractivity contribution is -0.164. The van der Waals surface area contributed by atoms with Crippen molar-refractivity contribution in [2.45, 2.75) is 12.2 Å². The van der Waals surface area contributed by atoms with E-state index in [4.69, 9.17) is 30.2 Å². The summed E-state index contributed by atoms with van der Waals surface area (Å²) in [6.07, 6.45) is -4.19. The molecule has 0 amide bonds. The first-order valence-corrected chi connectivity index (χ1v) is 7.40. The summed E-state index contributed by atoms with van der Waals surface area (Å²) in [6.45, 7) is -2.27. The van der Waals surface area contributed by atoms with Crippen molar-refractivity contribution < 1.29 is 57.8 Å². The number of Topliss-reactive ketones (excluding diaryl/α,β-unsaturated/α-hetero) is 1. The molecular weight excluding hydrogens is 314 g/mol. The van der Waals surface area contributed by atoms with Crippen molar-refractivity contribution >= 4 is 21.4 Å². The normalized spacial score (nSPS) is 18.6. The van der Waals surface area contributed by atoms with Crippen LogP contribution in [-0.4, -0.2) is 61.4 Å². The highest BCUT2D eigenvalue weighted by molar-refractivity contribution is 7.47. The molecule has 0 heterocycles. The molecule has 0 fully saturated rings. The van der Waals surface area contributed by atoms with Crippen molar-refractivity contribution in [1.29, 1.82) is 0 Å². The summed E-state index contributed by atoms with van der Waals surface area (Å²) in [4.78, 5) is 36.3. The van der Waals surface area contributed by atoms with Crippen LogP contribution >= 0.6 is 15.6 Å². The molecule has 0 aromatic heterocycles. The van der Waals surface area contributed by atoms with Crippen molar-refractivity contribution in [3.05, 3.63) is 0 Å². The van der Waals surface area contributed by atoms with E-state index in [2.05, 4.69) is 13.7 Å². The third kappa shape index (κ3) is 8.52. The number of aliphatic hydroxyl groups excluding tert-OH is 2. The first-order chi connectivity index (χ1) is 8.48. The fraction of sp³-hybridized carbons (Fsp3) is 0.800. The second-order valence-electron chi connectivity index (χ2n) is 3.09. The molecular formula is C5H12O12P2. The van der Waals surface area contributed by atoms with Gasteiger partial charge in [0.2, 0.25) is 0 Å². The molecule has 0 aliphatic rings. The van der Waals surface area contributed by atoms with E-state index >= 15 is 0 Å². The van der Waals surface area contributed by atoms with E-state index in [0.717, 1.165) is 0 Å². The number of rotatable bonds is 9. The van der Waals surface area contributed by atoms with Crippen molar-refractivity contribution in [3.8, 4) is 0 Å². The minimum absolute atomic E-state index is 1.07. The summed E-state index contributed by atoms with van der Waals surface area (Å²) in [5, 5.41) is 26.2. The summed E-state index contributed by atoms with van der Waals surface area (Å²) in [5.74, 6) is -1.31. The van der Waals surface area contributed by atoms with Crippen LogP contribution in [0.3, 0.4) is 0 Å². The minimum Gasteiger partial charge on any atom is -0.388 e. The fourth-order valence-electron chi connectivity index (χ4n) is 0.733. The van der Waals surface area contributed by atoms with Crippen LogP contribution in [0.25, 0.3) is 0 Å². The van der Waals surface area contributed by atoms with Gasteiger partial charge < -0.3 is 24.9 Å². The topological polar surface area (TPSA) is 200 Å². The molecule has 0 aromatic carbocycles. The van der Waals surface area contributed by atoms with E-state index in [0.29, 0.717) is 0 Å². The number of carbonyl (C=O) groups excluding carboxylic acids is 1. The van der Waals surface area contributed by atoms with Crippen LogP contribution in [0.4, 0.5) is 0 Å². The number of hydrogen-bond acceptors (Lipinski definition) is 9. The van der Waals surface area contributed by atoms with Crippen molar-refractivity contribution in [1.82, 2.24) is 0 Å². The predicted octanol–water partition coefficient (Wildman–Crippen LogP) is -2.01. The molecule has 0 aliphatic carbocycles. The quantitative estimate of drug-likeness (QED) is 0.155. The van der Waals surface area contributed by atoms with Crippen LogP contribution in [0.15, 0.2) is 0 Å². The molecule has 19 heavy (non-hydrogen) atoms. The van der Waals surface area contributed by atoms with Crippen LogP contribution in [0.2, 0.25) is 0 Å². The zero-order valence-corrected chi connectivity index (χ0v) is 10.9. The third-order valence-electron chi connectivity index (χ3n) is 1.58. The fourth-order valence-corrected chi connectivity index (χ4v) is 1.42. The van der Waals surface area contributed by atoms with E-state index in [-0.39, 0.29) is 0 Å². The van der Waals surface area contributed by atoms with Gasteiger partial charge in [-0.3, -0.25) is 13.8 Å². The maximum absolute atomic E-state index is 11.1. The molecule has 12 nitrogen and oxygen atoms in total. The summed E-state index contributed by atoms with van der Waals surface area (Å²) < 4.78 is 31.5. The average molecular weight is 326 g/mol. The van der Waals surface area contributed by atoms with E-state index in [1.807, 2.05) is 0 Å². The van der Waals surface area contributed by atoms with Gasteiger partial charge in [0.05, 0.1) is 6.61 Å². The highest BCUT2D eigenvalue weighted by atomic mass is 31.2. The predicted molar refractivity (Wildman–Crippen MR) is 54.5 cm³/mol. The smallest absolute Gasteiger partial charge is 0.388 e. The van der Waals surface area contributed by atoms with Gasteiger partial charge in [0.1, 0.15) is 18.8 Å². The van der Waals surface area contributed by atoms with Crippen molar-refractivity contribution in [2.75, 3.05) is 13.2 Å². The molecule has 6 N–H and O–H groups in total. The molecule has 3 atom stereocenters. The zero-order chi connectivity index (χ0) is 15.3. The Kier molecular flexibility index (Phi) is 7.43. The van der Waals surface area contributed by atoms with Crippen molar-refractivity contribution in [3.63, 3.8) is 0 Å². The number of ketones is 1. The molecule has 0 rings (SSSR count). The van der Waals surface area contributed by atoms with Gasteiger partial charge in [-0.05, 0) is 0 Å². The number of phosphoric ester groups is 2. The van der Waals surface area contributed by atoms with Gasteiger partial charge in [-0.25, -0.2) is 14.4 Å². The molecule has 0 aliphatic heterocycles. The molecule has 14 heteroatoms. The molecule has 0 saturated carbocycles. The SMILES string of the molecule is O=C(COP(=O)(O)OO)[C@@H](O)[C@H](O)COP(=O)(O)O. The second kappa shape index (κ2) is 7.53. The van der Waals surface area contributed by atoms with E-state index in [1.165, 1.54) is 0 Å². The lowest BCUT2D eigenvalue weighted by Gasteiger charge is -2.17. The number of aliphatic hydroxyl groups is 2. The monoisotopic (exact) mass is 326 g/mol. The molecule has 0 spiro atoms. The summed E-state index contributed by atoms with van der Waals surface area (Å²) in [6, 6.07) is 0. The van der Waals surface area contributed by atoms with Crippen LogP contribution in [0.5, 0.6) is 0 Å². The van der Waals surface area contributed by atoms with Crippen LogP contribution < -0.4 is 0 Å². The standard InChI is InChI=1S/C5H12O12P2/c6-3(1-15-18(10,11)12)5(8)4(7)2-16-19(13,14)17-9/h3,5-6,8-9H,1-2H2,(H,13,14)(H2,10,11,12)/t3-,5+/m1/s1.